The molecule has 0 heterocycles. The van der Waals surface area contributed by atoms with Crippen LogP contribution in [-0.2, 0) is 6.61 Å². The van der Waals surface area contributed by atoms with Gasteiger partial charge in [0, 0.05) is 5.69 Å². The molecule has 0 saturated carbocycles. The molecule has 0 amide bonds. The molecule has 2 rings (SSSR count). The van der Waals surface area contributed by atoms with Crippen LogP contribution in [0, 0.1) is 0 Å². The summed E-state index contributed by atoms with van der Waals surface area (Å²) in [5, 5.41) is 22.6. The highest BCUT2D eigenvalue weighted by molar-refractivity contribution is 5.46. The van der Waals surface area contributed by atoms with Crippen LogP contribution in [0.3, 0.4) is 0 Å². The lowest BCUT2D eigenvalue weighted by atomic mass is 10.0. The molecule has 2 aromatic carbocycles. The van der Waals surface area contributed by atoms with Crippen LogP contribution in [0.25, 0.3) is 0 Å². The Morgan fingerprint density at radius 2 is 1.79 bits per heavy atom. The molecule has 3 N–H and O–H groups in total. The molecule has 0 saturated heterocycles. The number of aliphatic hydroxyl groups is 2. The van der Waals surface area contributed by atoms with Gasteiger partial charge in [-0.25, -0.2) is 0 Å². The third-order valence-electron chi connectivity index (χ3n) is 3.12. The first-order chi connectivity index (χ1) is 9.20. The molecule has 0 aromatic heterocycles. The number of nitrogens with one attached hydrogen (secondary N) is 1. The topological polar surface area (TPSA) is 52.5 Å². The predicted molar refractivity (Wildman–Crippen MR) is 76.9 cm³/mol. The summed E-state index contributed by atoms with van der Waals surface area (Å²) in [4.78, 5) is 0. The molecule has 3 heteroatoms. The first-order valence-electron chi connectivity index (χ1n) is 6.40. The van der Waals surface area contributed by atoms with E-state index in [4.69, 9.17) is 5.11 Å². The van der Waals surface area contributed by atoms with Gasteiger partial charge in [0.05, 0.1) is 18.8 Å². The molecule has 100 valence electrons. The SMILES string of the molecule is C[C@H](Nc1cccc(CO)c1)[C@H](O)c1ccccc1. The van der Waals surface area contributed by atoms with E-state index in [2.05, 4.69) is 5.32 Å². The summed E-state index contributed by atoms with van der Waals surface area (Å²) in [5.74, 6) is 0. The molecule has 19 heavy (non-hydrogen) atoms. The summed E-state index contributed by atoms with van der Waals surface area (Å²) < 4.78 is 0. The van der Waals surface area contributed by atoms with Crippen molar-refractivity contribution < 1.29 is 10.2 Å². The van der Waals surface area contributed by atoms with Gasteiger partial charge in [0.1, 0.15) is 0 Å². The van der Waals surface area contributed by atoms with Crippen molar-refractivity contribution in [2.75, 3.05) is 5.32 Å². The van der Waals surface area contributed by atoms with E-state index in [9.17, 15) is 5.11 Å². The predicted octanol–water partition coefficient (Wildman–Crippen LogP) is 2.71. The van der Waals surface area contributed by atoms with Gasteiger partial charge in [-0.3, -0.25) is 0 Å². The molecule has 0 radical (unpaired) electrons. The lowest BCUT2D eigenvalue weighted by Gasteiger charge is -2.22. The average Bonchev–Trinajstić information content (AvgIpc) is 2.47. The Morgan fingerprint density at radius 1 is 1.05 bits per heavy atom. The van der Waals surface area contributed by atoms with Crippen LogP contribution in [0.4, 0.5) is 5.69 Å². The van der Waals surface area contributed by atoms with E-state index in [1.54, 1.807) is 0 Å². The van der Waals surface area contributed by atoms with E-state index in [-0.39, 0.29) is 12.6 Å². The van der Waals surface area contributed by atoms with Gasteiger partial charge in [-0.1, -0.05) is 42.5 Å². The van der Waals surface area contributed by atoms with Gasteiger partial charge in [0.15, 0.2) is 0 Å². The summed E-state index contributed by atoms with van der Waals surface area (Å²) in [7, 11) is 0. The van der Waals surface area contributed by atoms with Crippen LogP contribution in [-0.4, -0.2) is 16.3 Å². The number of rotatable bonds is 5. The molecular formula is C16H19NO2. The van der Waals surface area contributed by atoms with Crippen molar-refractivity contribution >= 4 is 5.69 Å². The Hall–Kier alpha value is -1.84. The van der Waals surface area contributed by atoms with Crippen LogP contribution >= 0.6 is 0 Å². The molecule has 0 aliphatic carbocycles. The maximum Gasteiger partial charge on any atom is 0.0988 e. The minimum absolute atomic E-state index is 0.0190. The Balaban J connectivity index is 2.06. The van der Waals surface area contributed by atoms with Crippen LogP contribution < -0.4 is 5.32 Å². The van der Waals surface area contributed by atoms with E-state index < -0.39 is 6.10 Å². The van der Waals surface area contributed by atoms with Crippen molar-refractivity contribution in [1.82, 2.24) is 0 Å². The van der Waals surface area contributed by atoms with Crippen LogP contribution in [0.5, 0.6) is 0 Å². The quantitative estimate of drug-likeness (QED) is 0.772. The van der Waals surface area contributed by atoms with Crippen molar-refractivity contribution in [2.45, 2.75) is 25.7 Å². The monoisotopic (exact) mass is 257 g/mol. The highest BCUT2D eigenvalue weighted by Gasteiger charge is 2.15. The standard InChI is InChI=1S/C16H19NO2/c1-12(16(19)14-7-3-2-4-8-14)17-15-9-5-6-13(10-15)11-18/h2-10,12,16-19H,11H2,1H3/t12-,16-/m0/s1. The first-order valence-corrected chi connectivity index (χ1v) is 6.40. The molecule has 0 fully saturated rings. The van der Waals surface area contributed by atoms with E-state index in [1.165, 1.54) is 0 Å². The van der Waals surface area contributed by atoms with Crippen molar-refractivity contribution in [1.29, 1.82) is 0 Å². The largest absolute Gasteiger partial charge is 0.392 e. The normalized spacial score (nSPS) is 13.8. The maximum atomic E-state index is 10.3. The summed E-state index contributed by atoms with van der Waals surface area (Å²) >= 11 is 0. The van der Waals surface area contributed by atoms with E-state index in [0.29, 0.717) is 0 Å². The maximum absolute atomic E-state index is 10.3. The van der Waals surface area contributed by atoms with Crippen molar-refractivity contribution in [3.63, 3.8) is 0 Å². The molecule has 0 aliphatic heterocycles. The summed E-state index contributed by atoms with van der Waals surface area (Å²) in [6.07, 6.45) is -0.570. The van der Waals surface area contributed by atoms with Crippen molar-refractivity contribution in [2.24, 2.45) is 0 Å². The van der Waals surface area contributed by atoms with E-state index in [1.807, 2.05) is 61.5 Å². The fraction of sp³-hybridized carbons (Fsp3) is 0.250. The average molecular weight is 257 g/mol. The highest BCUT2D eigenvalue weighted by atomic mass is 16.3. The molecule has 0 bridgehead atoms. The lowest BCUT2D eigenvalue weighted by molar-refractivity contribution is 0.161. The fourth-order valence-electron chi connectivity index (χ4n) is 2.04. The lowest BCUT2D eigenvalue weighted by Crippen LogP contribution is -2.24. The second kappa shape index (κ2) is 6.36. The fourth-order valence-corrected chi connectivity index (χ4v) is 2.04. The zero-order valence-corrected chi connectivity index (χ0v) is 11.0. The molecule has 0 spiro atoms. The summed E-state index contributed by atoms with van der Waals surface area (Å²) in [6, 6.07) is 17.0. The first kappa shape index (κ1) is 13.6. The van der Waals surface area contributed by atoms with Crippen molar-refractivity contribution in [3.8, 4) is 0 Å². The molecular weight excluding hydrogens is 238 g/mol. The van der Waals surface area contributed by atoms with Crippen LogP contribution in [0.2, 0.25) is 0 Å². The Labute approximate surface area is 113 Å². The molecule has 2 atom stereocenters. The van der Waals surface area contributed by atoms with Gasteiger partial charge >= 0.3 is 0 Å². The number of aliphatic hydroxyl groups excluding tert-OH is 2. The van der Waals surface area contributed by atoms with E-state index in [0.717, 1.165) is 16.8 Å². The van der Waals surface area contributed by atoms with Gasteiger partial charge in [-0.15, -0.1) is 0 Å². The Morgan fingerprint density at radius 3 is 2.47 bits per heavy atom. The van der Waals surface area contributed by atoms with Gasteiger partial charge in [0.25, 0.3) is 0 Å². The smallest absolute Gasteiger partial charge is 0.0988 e. The van der Waals surface area contributed by atoms with Gasteiger partial charge < -0.3 is 15.5 Å². The third kappa shape index (κ3) is 3.56. The Bertz CT molecular complexity index is 513. The Kier molecular flexibility index (Phi) is 4.55. The number of hydrogen-bond acceptors (Lipinski definition) is 3. The molecule has 3 nitrogen and oxygen atoms in total. The van der Waals surface area contributed by atoms with E-state index >= 15 is 0 Å². The zero-order chi connectivity index (χ0) is 13.7. The minimum Gasteiger partial charge on any atom is -0.392 e. The summed E-state index contributed by atoms with van der Waals surface area (Å²) in [5.41, 5.74) is 2.64. The highest BCUT2D eigenvalue weighted by Crippen LogP contribution is 2.20. The second-order valence-corrected chi connectivity index (χ2v) is 4.65. The minimum atomic E-state index is -0.570. The molecule has 0 unspecified atom stereocenters. The van der Waals surface area contributed by atoms with Crippen molar-refractivity contribution in [3.05, 3.63) is 65.7 Å². The number of hydrogen-bond donors (Lipinski definition) is 3. The number of benzene rings is 2. The van der Waals surface area contributed by atoms with Gasteiger partial charge in [-0.05, 0) is 30.2 Å². The van der Waals surface area contributed by atoms with Gasteiger partial charge in [0.2, 0.25) is 0 Å². The van der Waals surface area contributed by atoms with Gasteiger partial charge in [-0.2, -0.15) is 0 Å². The zero-order valence-electron chi connectivity index (χ0n) is 11.0. The molecule has 0 aliphatic rings. The van der Waals surface area contributed by atoms with Crippen LogP contribution in [0.15, 0.2) is 54.6 Å². The summed E-state index contributed by atoms with van der Waals surface area (Å²) in [6.45, 7) is 1.95. The third-order valence-corrected chi connectivity index (χ3v) is 3.12. The second-order valence-electron chi connectivity index (χ2n) is 4.65. The van der Waals surface area contributed by atoms with Crippen LogP contribution in [0.1, 0.15) is 24.2 Å². The molecule has 2 aromatic rings. The number of anilines is 1.